The standard InChI is InChI=1S/C13H24N2O5/c1-8(4-3-5-9(2)14)12(18)15-10(13(19)20)6-7-11(16)17/h8-10H,3-7,14H2,1-2H3,(H,15,18)(H,16,17)(H,19,20)/t8?,9?,10-/m0/s1. The topological polar surface area (TPSA) is 130 Å². The summed E-state index contributed by atoms with van der Waals surface area (Å²) in [5.41, 5.74) is 5.61. The molecule has 1 amide bonds. The van der Waals surface area contributed by atoms with E-state index in [2.05, 4.69) is 5.32 Å². The number of amides is 1. The van der Waals surface area contributed by atoms with Crippen molar-refractivity contribution in [3.63, 3.8) is 0 Å². The maximum atomic E-state index is 11.8. The van der Waals surface area contributed by atoms with Gasteiger partial charge in [-0.25, -0.2) is 4.79 Å². The second-order valence-corrected chi connectivity index (χ2v) is 5.14. The highest BCUT2D eigenvalue weighted by Gasteiger charge is 2.23. The molecule has 0 aromatic rings. The molecule has 0 saturated heterocycles. The summed E-state index contributed by atoms with van der Waals surface area (Å²) in [7, 11) is 0. The van der Waals surface area contributed by atoms with Crippen molar-refractivity contribution < 1.29 is 24.6 Å². The van der Waals surface area contributed by atoms with E-state index in [0.717, 1.165) is 12.8 Å². The third kappa shape index (κ3) is 8.47. The fourth-order valence-corrected chi connectivity index (χ4v) is 1.72. The Bertz CT molecular complexity index is 344. The van der Waals surface area contributed by atoms with Crippen LogP contribution in [0.5, 0.6) is 0 Å². The highest BCUT2D eigenvalue weighted by atomic mass is 16.4. The van der Waals surface area contributed by atoms with Crippen molar-refractivity contribution in [1.29, 1.82) is 0 Å². The first-order valence-electron chi connectivity index (χ1n) is 6.74. The minimum absolute atomic E-state index is 0.0765. The number of nitrogens with two attached hydrogens (primary N) is 1. The van der Waals surface area contributed by atoms with Gasteiger partial charge in [0.2, 0.25) is 5.91 Å². The van der Waals surface area contributed by atoms with Crippen LogP contribution in [-0.4, -0.2) is 40.1 Å². The van der Waals surface area contributed by atoms with Crippen molar-refractivity contribution in [3.05, 3.63) is 0 Å². The van der Waals surface area contributed by atoms with Crippen LogP contribution in [-0.2, 0) is 14.4 Å². The fourth-order valence-electron chi connectivity index (χ4n) is 1.72. The lowest BCUT2D eigenvalue weighted by atomic mass is 10.0. The zero-order chi connectivity index (χ0) is 15.7. The quantitative estimate of drug-likeness (QED) is 0.465. The summed E-state index contributed by atoms with van der Waals surface area (Å²) in [6.45, 7) is 3.60. The maximum absolute atomic E-state index is 11.8. The predicted molar refractivity (Wildman–Crippen MR) is 73.1 cm³/mol. The summed E-state index contributed by atoms with van der Waals surface area (Å²) in [6, 6.07) is -1.08. The molecule has 7 heteroatoms. The second kappa shape index (κ2) is 9.30. The molecule has 5 N–H and O–H groups in total. The molecule has 0 heterocycles. The van der Waals surface area contributed by atoms with Crippen LogP contribution in [0.4, 0.5) is 0 Å². The van der Waals surface area contributed by atoms with Crippen molar-refractivity contribution in [1.82, 2.24) is 5.32 Å². The molecule has 116 valence electrons. The molecule has 7 nitrogen and oxygen atoms in total. The lowest BCUT2D eigenvalue weighted by Crippen LogP contribution is -2.43. The van der Waals surface area contributed by atoms with Crippen LogP contribution in [0.1, 0.15) is 46.0 Å². The van der Waals surface area contributed by atoms with E-state index in [9.17, 15) is 14.4 Å². The molecule has 0 aromatic heterocycles. The first-order valence-corrected chi connectivity index (χ1v) is 6.74. The number of carboxylic acid groups (broad SMARTS) is 2. The third-order valence-electron chi connectivity index (χ3n) is 3.01. The van der Waals surface area contributed by atoms with E-state index < -0.39 is 18.0 Å². The molecule has 0 aliphatic carbocycles. The van der Waals surface area contributed by atoms with Crippen LogP contribution in [0.2, 0.25) is 0 Å². The number of rotatable bonds is 10. The predicted octanol–water partition coefficient (Wildman–Crippen LogP) is 0.574. The van der Waals surface area contributed by atoms with Crippen LogP contribution in [0, 0.1) is 5.92 Å². The largest absolute Gasteiger partial charge is 0.481 e. The lowest BCUT2D eigenvalue weighted by Gasteiger charge is -2.17. The number of hydrogen-bond acceptors (Lipinski definition) is 4. The Morgan fingerprint density at radius 3 is 2.15 bits per heavy atom. The average Bonchev–Trinajstić information content (AvgIpc) is 2.32. The Morgan fingerprint density at radius 1 is 1.10 bits per heavy atom. The molecular formula is C13H24N2O5. The first-order chi connectivity index (χ1) is 9.23. The smallest absolute Gasteiger partial charge is 0.326 e. The molecular weight excluding hydrogens is 264 g/mol. The normalized spacial score (nSPS) is 15.2. The van der Waals surface area contributed by atoms with Crippen LogP contribution in [0.15, 0.2) is 0 Å². The molecule has 0 rings (SSSR count). The van der Waals surface area contributed by atoms with E-state index in [1.54, 1.807) is 6.92 Å². The average molecular weight is 288 g/mol. The van der Waals surface area contributed by atoms with Crippen LogP contribution < -0.4 is 11.1 Å². The van der Waals surface area contributed by atoms with E-state index >= 15 is 0 Å². The second-order valence-electron chi connectivity index (χ2n) is 5.14. The lowest BCUT2D eigenvalue weighted by molar-refractivity contribution is -0.143. The number of hydrogen-bond donors (Lipinski definition) is 4. The molecule has 0 bridgehead atoms. The minimum atomic E-state index is -1.22. The molecule has 0 spiro atoms. The number of carbonyl (C=O) groups is 3. The summed E-state index contributed by atoms with van der Waals surface area (Å²) in [5, 5.41) is 19.9. The summed E-state index contributed by atoms with van der Waals surface area (Å²) in [5.74, 6) is -2.99. The van der Waals surface area contributed by atoms with Gasteiger partial charge < -0.3 is 21.3 Å². The summed E-state index contributed by atoms with van der Waals surface area (Å²) in [4.78, 5) is 33.2. The Kier molecular flexibility index (Phi) is 8.54. The number of nitrogens with one attached hydrogen (secondary N) is 1. The highest BCUT2D eigenvalue weighted by Crippen LogP contribution is 2.10. The molecule has 0 aromatic carbocycles. The molecule has 2 unspecified atom stereocenters. The maximum Gasteiger partial charge on any atom is 0.326 e. The van der Waals surface area contributed by atoms with Crippen molar-refractivity contribution >= 4 is 17.8 Å². The van der Waals surface area contributed by atoms with Crippen molar-refractivity contribution in [3.8, 4) is 0 Å². The monoisotopic (exact) mass is 288 g/mol. The van der Waals surface area contributed by atoms with Gasteiger partial charge in [0.05, 0.1) is 0 Å². The van der Waals surface area contributed by atoms with E-state index in [0.29, 0.717) is 6.42 Å². The van der Waals surface area contributed by atoms with E-state index in [1.807, 2.05) is 6.92 Å². The Morgan fingerprint density at radius 2 is 1.70 bits per heavy atom. The molecule has 0 radical (unpaired) electrons. The Labute approximate surface area is 118 Å². The SMILES string of the molecule is CC(N)CCCC(C)C(=O)N[C@@H](CCC(=O)O)C(=O)O. The van der Waals surface area contributed by atoms with Gasteiger partial charge in [-0.2, -0.15) is 0 Å². The van der Waals surface area contributed by atoms with Gasteiger partial charge in [-0.3, -0.25) is 9.59 Å². The van der Waals surface area contributed by atoms with Gasteiger partial charge in [-0.05, 0) is 26.2 Å². The number of aliphatic carboxylic acids is 2. The van der Waals surface area contributed by atoms with Gasteiger partial charge in [-0.1, -0.05) is 13.3 Å². The van der Waals surface area contributed by atoms with Gasteiger partial charge >= 0.3 is 11.9 Å². The Balaban J connectivity index is 4.23. The van der Waals surface area contributed by atoms with Gasteiger partial charge in [0, 0.05) is 18.4 Å². The molecule has 0 aliphatic rings. The Hall–Kier alpha value is -1.63. The van der Waals surface area contributed by atoms with Gasteiger partial charge in [-0.15, -0.1) is 0 Å². The zero-order valence-electron chi connectivity index (χ0n) is 12.0. The fraction of sp³-hybridized carbons (Fsp3) is 0.769. The van der Waals surface area contributed by atoms with Crippen molar-refractivity contribution in [2.24, 2.45) is 11.7 Å². The highest BCUT2D eigenvalue weighted by molar-refractivity contribution is 5.85. The molecule has 3 atom stereocenters. The van der Waals surface area contributed by atoms with Gasteiger partial charge in [0.25, 0.3) is 0 Å². The number of carboxylic acids is 2. The minimum Gasteiger partial charge on any atom is -0.481 e. The molecule has 0 aliphatic heterocycles. The summed E-state index contributed by atoms with van der Waals surface area (Å²) >= 11 is 0. The first kappa shape index (κ1) is 18.4. The summed E-state index contributed by atoms with van der Waals surface area (Å²) < 4.78 is 0. The molecule has 0 fully saturated rings. The van der Waals surface area contributed by atoms with Crippen molar-refractivity contribution in [2.45, 2.75) is 58.0 Å². The van der Waals surface area contributed by atoms with Crippen LogP contribution in [0.25, 0.3) is 0 Å². The third-order valence-corrected chi connectivity index (χ3v) is 3.01. The van der Waals surface area contributed by atoms with Crippen molar-refractivity contribution in [2.75, 3.05) is 0 Å². The van der Waals surface area contributed by atoms with Gasteiger partial charge in [0.15, 0.2) is 0 Å². The van der Waals surface area contributed by atoms with E-state index in [-0.39, 0.29) is 30.7 Å². The molecule has 20 heavy (non-hydrogen) atoms. The summed E-state index contributed by atoms with van der Waals surface area (Å²) in [6.07, 6.45) is 1.80. The van der Waals surface area contributed by atoms with Crippen LogP contribution in [0.3, 0.4) is 0 Å². The van der Waals surface area contributed by atoms with E-state index in [1.165, 1.54) is 0 Å². The van der Waals surface area contributed by atoms with Gasteiger partial charge in [0.1, 0.15) is 6.04 Å². The number of carbonyl (C=O) groups excluding carboxylic acids is 1. The van der Waals surface area contributed by atoms with E-state index in [4.69, 9.17) is 15.9 Å². The molecule has 0 saturated carbocycles. The zero-order valence-corrected chi connectivity index (χ0v) is 12.0. The van der Waals surface area contributed by atoms with Crippen LogP contribution >= 0.6 is 0 Å².